The van der Waals surface area contributed by atoms with Crippen molar-refractivity contribution in [3.8, 4) is 0 Å². The van der Waals surface area contributed by atoms with Crippen LogP contribution in [0.5, 0.6) is 0 Å². The monoisotopic (exact) mass is 269 g/mol. The minimum absolute atomic E-state index is 0.0579. The molecular formula is C12H12ClNO4. The van der Waals surface area contributed by atoms with Crippen LogP contribution >= 0.6 is 11.6 Å². The van der Waals surface area contributed by atoms with Gasteiger partial charge in [-0.1, -0.05) is 23.7 Å². The lowest BCUT2D eigenvalue weighted by molar-refractivity contribution is -0.138. The number of anilines is 1. The number of carbonyl (C=O) groups is 2. The van der Waals surface area contributed by atoms with Crippen molar-refractivity contribution >= 4 is 29.2 Å². The van der Waals surface area contributed by atoms with Gasteiger partial charge in [0.25, 0.3) is 0 Å². The van der Waals surface area contributed by atoms with Gasteiger partial charge < -0.3 is 14.8 Å². The Kier molecular flexibility index (Phi) is 5.20. The maximum Gasteiger partial charge on any atom is 0.354 e. The summed E-state index contributed by atoms with van der Waals surface area (Å²) < 4.78 is 9.00. The van der Waals surface area contributed by atoms with Gasteiger partial charge in [-0.15, -0.1) is 0 Å². The van der Waals surface area contributed by atoms with E-state index < -0.39 is 11.9 Å². The lowest BCUT2D eigenvalue weighted by atomic mass is 10.3. The molecule has 1 N–H and O–H groups in total. The smallest absolute Gasteiger partial charge is 0.354 e. The lowest BCUT2D eigenvalue weighted by Gasteiger charge is -2.10. The van der Waals surface area contributed by atoms with Crippen LogP contribution in [-0.4, -0.2) is 26.2 Å². The largest absolute Gasteiger partial charge is 0.466 e. The molecule has 96 valence electrons. The molecule has 0 saturated carbocycles. The Morgan fingerprint density at radius 2 is 1.89 bits per heavy atom. The van der Waals surface area contributed by atoms with Crippen molar-refractivity contribution in [2.24, 2.45) is 0 Å². The fourth-order valence-corrected chi connectivity index (χ4v) is 1.32. The van der Waals surface area contributed by atoms with Gasteiger partial charge in [-0.3, -0.25) is 0 Å². The first kappa shape index (κ1) is 14.1. The lowest BCUT2D eigenvalue weighted by Crippen LogP contribution is -2.15. The number of nitrogens with one attached hydrogen (secondary N) is 1. The predicted molar refractivity (Wildman–Crippen MR) is 67.2 cm³/mol. The normalized spacial score (nSPS) is 10.7. The van der Waals surface area contributed by atoms with E-state index in [2.05, 4.69) is 14.8 Å². The molecule has 0 bridgehead atoms. The third-order valence-electron chi connectivity index (χ3n) is 2.01. The number of hydrogen-bond donors (Lipinski definition) is 1. The van der Waals surface area contributed by atoms with Crippen molar-refractivity contribution in [2.75, 3.05) is 19.5 Å². The van der Waals surface area contributed by atoms with Gasteiger partial charge in [0.1, 0.15) is 5.70 Å². The first-order chi connectivity index (χ1) is 8.58. The van der Waals surface area contributed by atoms with Crippen molar-refractivity contribution in [1.29, 1.82) is 0 Å². The third kappa shape index (κ3) is 3.78. The van der Waals surface area contributed by atoms with Gasteiger partial charge in [-0.25, -0.2) is 9.59 Å². The molecule has 0 aromatic heterocycles. The molecule has 0 unspecified atom stereocenters. The summed E-state index contributed by atoms with van der Waals surface area (Å²) in [5.41, 5.74) is 0.428. The van der Waals surface area contributed by atoms with E-state index in [4.69, 9.17) is 11.6 Å². The standard InChI is InChI=1S/C12H12ClNO4/c1-17-11(15)7-10(12(16)18-2)14-9-6-4-3-5-8(9)13/h3-7,14H,1-2H3/b10-7-. The summed E-state index contributed by atoms with van der Waals surface area (Å²) in [6.45, 7) is 0. The quantitative estimate of drug-likeness (QED) is 0.669. The second kappa shape index (κ2) is 6.66. The molecule has 0 atom stereocenters. The summed E-state index contributed by atoms with van der Waals surface area (Å²) in [4.78, 5) is 22.6. The van der Waals surface area contributed by atoms with Crippen LogP contribution in [0.2, 0.25) is 5.02 Å². The van der Waals surface area contributed by atoms with Gasteiger partial charge in [0.05, 0.1) is 31.0 Å². The average molecular weight is 270 g/mol. The zero-order chi connectivity index (χ0) is 13.5. The summed E-state index contributed by atoms with van der Waals surface area (Å²) in [7, 11) is 2.42. The highest BCUT2D eigenvalue weighted by Crippen LogP contribution is 2.22. The van der Waals surface area contributed by atoms with Crippen LogP contribution in [0.4, 0.5) is 5.69 Å². The number of esters is 2. The second-order valence-corrected chi connectivity index (χ2v) is 3.58. The van der Waals surface area contributed by atoms with Crippen LogP contribution in [0.25, 0.3) is 0 Å². The molecule has 0 amide bonds. The highest BCUT2D eigenvalue weighted by molar-refractivity contribution is 6.33. The minimum atomic E-state index is -0.694. The SMILES string of the molecule is COC(=O)/C=C(\Nc1ccccc1Cl)C(=O)OC. The number of para-hydroxylation sites is 1. The van der Waals surface area contributed by atoms with E-state index >= 15 is 0 Å². The van der Waals surface area contributed by atoms with E-state index in [9.17, 15) is 9.59 Å². The molecule has 0 saturated heterocycles. The molecule has 0 aliphatic carbocycles. The van der Waals surface area contributed by atoms with E-state index in [1.165, 1.54) is 14.2 Å². The Hall–Kier alpha value is -2.01. The molecule has 0 fully saturated rings. The number of hydrogen-bond acceptors (Lipinski definition) is 5. The first-order valence-electron chi connectivity index (χ1n) is 4.98. The highest BCUT2D eigenvalue weighted by atomic mass is 35.5. The molecule has 6 heteroatoms. The zero-order valence-corrected chi connectivity index (χ0v) is 10.7. The third-order valence-corrected chi connectivity index (χ3v) is 2.34. The minimum Gasteiger partial charge on any atom is -0.466 e. The molecular weight excluding hydrogens is 258 g/mol. The van der Waals surface area contributed by atoms with Crippen LogP contribution in [-0.2, 0) is 19.1 Å². The van der Waals surface area contributed by atoms with Crippen LogP contribution in [0, 0.1) is 0 Å². The summed E-state index contributed by atoms with van der Waals surface area (Å²) >= 11 is 5.93. The highest BCUT2D eigenvalue weighted by Gasteiger charge is 2.13. The summed E-state index contributed by atoms with van der Waals surface area (Å²) in [6.07, 6.45) is 0.995. The van der Waals surface area contributed by atoms with Crippen molar-refractivity contribution in [3.63, 3.8) is 0 Å². The molecule has 0 heterocycles. The number of carbonyl (C=O) groups excluding carboxylic acids is 2. The second-order valence-electron chi connectivity index (χ2n) is 3.18. The maximum absolute atomic E-state index is 11.5. The number of halogens is 1. The van der Waals surface area contributed by atoms with Gasteiger partial charge in [0, 0.05) is 0 Å². The molecule has 0 aliphatic rings. The van der Waals surface area contributed by atoms with E-state index in [0.717, 1.165) is 6.08 Å². The van der Waals surface area contributed by atoms with Gasteiger partial charge in [0.2, 0.25) is 0 Å². The van der Waals surface area contributed by atoms with Crippen molar-refractivity contribution in [3.05, 3.63) is 41.1 Å². The van der Waals surface area contributed by atoms with Crippen LogP contribution in [0.1, 0.15) is 0 Å². The van der Waals surface area contributed by atoms with E-state index in [-0.39, 0.29) is 5.70 Å². The molecule has 0 spiro atoms. The molecule has 0 aliphatic heterocycles. The average Bonchev–Trinajstić information content (AvgIpc) is 2.39. The molecule has 1 aromatic rings. The summed E-state index contributed by atoms with van der Waals surface area (Å²) in [6, 6.07) is 6.80. The molecule has 0 radical (unpaired) electrons. The number of ether oxygens (including phenoxy) is 2. The van der Waals surface area contributed by atoms with E-state index in [1.54, 1.807) is 24.3 Å². The Labute approximate surface area is 109 Å². The van der Waals surface area contributed by atoms with Gasteiger partial charge >= 0.3 is 11.9 Å². The van der Waals surface area contributed by atoms with Crippen molar-refractivity contribution in [2.45, 2.75) is 0 Å². The Morgan fingerprint density at radius 3 is 2.44 bits per heavy atom. The van der Waals surface area contributed by atoms with Crippen LogP contribution in [0.15, 0.2) is 36.0 Å². The fraction of sp³-hybridized carbons (Fsp3) is 0.167. The van der Waals surface area contributed by atoms with Crippen LogP contribution < -0.4 is 5.32 Å². The molecule has 1 rings (SSSR count). The predicted octanol–water partition coefficient (Wildman–Crippen LogP) is 1.98. The van der Waals surface area contributed by atoms with E-state index in [0.29, 0.717) is 10.7 Å². The van der Waals surface area contributed by atoms with Crippen molar-refractivity contribution in [1.82, 2.24) is 0 Å². The number of rotatable bonds is 4. The van der Waals surface area contributed by atoms with E-state index in [1.807, 2.05) is 0 Å². The van der Waals surface area contributed by atoms with Gasteiger partial charge in [-0.2, -0.15) is 0 Å². The van der Waals surface area contributed by atoms with Crippen molar-refractivity contribution < 1.29 is 19.1 Å². The Morgan fingerprint density at radius 1 is 1.22 bits per heavy atom. The van der Waals surface area contributed by atoms with Gasteiger partial charge in [-0.05, 0) is 12.1 Å². The topological polar surface area (TPSA) is 64.6 Å². The molecule has 18 heavy (non-hydrogen) atoms. The Balaban J connectivity index is 3.00. The van der Waals surface area contributed by atoms with Gasteiger partial charge in [0.15, 0.2) is 0 Å². The molecule has 1 aromatic carbocycles. The summed E-state index contributed by atoms with van der Waals surface area (Å²) in [5, 5.41) is 3.13. The fourth-order valence-electron chi connectivity index (χ4n) is 1.14. The molecule has 5 nitrogen and oxygen atoms in total. The number of methoxy groups -OCH3 is 2. The zero-order valence-electron chi connectivity index (χ0n) is 9.90. The number of benzene rings is 1. The first-order valence-corrected chi connectivity index (χ1v) is 5.35. The maximum atomic E-state index is 11.5. The summed E-state index contributed by atoms with van der Waals surface area (Å²) in [5.74, 6) is -1.37. The Bertz CT molecular complexity index is 485. The van der Waals surface area contributed by atoms with Crippen LogP contribution in [0.3, 0.4) is 0 Å².